The smallest absolute Gasteiger partial charge is 0.261 e. The van der Waals surface area contributed by atoms with Crippen molar-refractivity contribution in [3.05, 3.63) is 65.0 Å². The Morgan fingerprint density at radius 3 is 2.52 bits per heavy atom. The first-order valence-corrected chi connectivity index (χ1v) is 10.8. The van der Waals surface area contributed by atoms with Gasteiger partial charge in [-0.3, -0.25) is 24.2 Å². The van der Waals surface area contributed by atoms with Crippen LogP contribution in [-0.4, -0.2) is 34.1 Å². The van der Waals surface area contributed by atoms with Gasteiger partial charge in [-0.05, 0) is 61.5 Å². The van der Waals surface area contributed by atoms with E-state index in [9.17, 15) is 13.2 Å². The van der Waals surface area contributed by atoms with Gasteiger partial charge in [0, 0.05) is 24.0 Å². The molecule has 0 unspecified atom stereocenters. The zero-order valence-electron chi connectivity index (χ0n) is 15.2. The van der Waals surface area contributed by atoms with Crippen LogP contribution in [0.15, 0.2) is 53.7 Å². The Kier molecular flexibility index (Phi) is 5.16. The van der Waals surface area contributed by atoms with Crippen molar-refractivity contribution in [1.29, 1.82) is 0 Å². The number of aromatic nitrogens is 4. The lowest BCUT2D eigenvalue weighted by Crippen LogP contribution is -2.24. The monoisotopic (exact) mass is 430 g/mol. The molecule has 0 aliphatic heterocycles. The van der Waals surface area contributed by atoms with Crippen molar-refractivity contribution in [2.24, 2.45) is 0 Å². The van der Waals surface area contributed by atoms with E-state index in [0.717, 1.165) is 12.8 Å². The number of amides is 1. The fourth-order valence-corrected chi connectivity index (χ4v) is 4.21. The van der Waals surface area contributed by atoms with Crippen LogP contribution in [0.4, 0.5) is 5.69 Å². The number of rotatable bonds is 7. The number of hydrogen-bond donors (Lipinski definition) is 3. The van der Waals surface area contributed by atoms with E-state index >= 15 is 0 Å². The average Bonchev–Trinajstić information content (AvgIpc) is 3.49. The van der Waals surface area contributed by atoms with Crippen molar-refractivity contribution in [2.75, 3.05) is 4.72 Å². The van der Waals surface area contributed by atoms with Gasteiger partial charge in [0.2, 0.25) is 0 Å². The molecule has 2 heterocycles. The minimum absolute atomic E-state index is 0.0560. The third kappa shape index (κ3) is 4.35. The van der Waals surface area contributed by atoms with E-state index in [4.69, 9.17) is 12.2 Å². The number of pyridine rings is 1. The van der Waals surface area contributed by atoms with Gasteiger partial charge in [-0.15, -0.1) is 0 Å². The zero-order valence-corrected chi connectivity index (χ0v) is 16.8. The van der Waals surface area contributed by atoms with Crippen LogP contribution in [0.25, 0.3) is 0 Å². The molecule has 1 fully saturated rings. The molecule has 1 aliphatic carbocycles. The van der Waals surface area contributed by atoms with Gasteiger partial charge in [0.05, 0.1) is 17.1 Å². The van der Waals surface area contributed by atoms with Crippen LogP contribution < -0.4 is 10.0 Å². The highest BCUT2D eigenvalue weighted by atomic mass is 32.2. The highest BCUT2D eigenvalue weighted by Gasteiger charge is 2.27. The molecule has 0 atom stereocenters. The minimum Gasteiger partial charge on any atom is -0.345 e. The second-order valence-electron chi connectivity index (χ2n) is 6.59. The molecule has 0 saturated heterocycles. The highest BCUT2D eigenvalue weighted by Crippen LogP contribution is 2.35. The summed E-state index contributed by atoms with van der Waals surface area (Å²) in [5.41, 5.74) is 0.755. The molecule has 3 aromatic rings. The Labute approximate surface area is 172 Å². The summed E-state index contributed by atoms with van der Waals surface area (Å²) < 4.78 is 29.8. The molecule has 4 rings (SSSR count). The molecule has 1 amide bonds. The van der Waals surface area contributed by atoms with Crippen LogP contribution in [-0.2, 0) is 16.6 Å². The number of sulfonamides is 1. The molecule has 11 heteroatoms. The first-order chi connectivity index (χ1) is 13.9. The number of hydrogen-bond acceptors (Lipinski definition) is 6. The summed E-state index contributed by atoms with van der Waals surface area (Å²) in [4.78, 5) is 16.3. The number of aromatic amines is 1. The first-order valence-electron chi connectivity index (χ1n) is 8.91. The maximum Gasteiger partial charge on any atom is 0.261 e. The molecule has 150 valence electrons. The Morgan fingerprint density at radius 1 is 1.17 bits per heavy atom. The number of carbonyl (C=O) groups is 1. The van der Waals surface area contributed by atoms with Crippen molar-refractivity contribution < 1.29 is 13.2 Å². The molecule has 3 N–H and O–H groups in total. The predicted molar refractivity (Wildman–Crippen MR) is 108 cm³/mol. The molecule has 29 heavy (non-hydrogen) atoms. The SMILES string of the molecule is O=C(NCc1n[nH]c(=S)n1C1CC1)c1ccc(S(=O)(=O)Nc2ccncc2)cc1. The number of benzene rings is 1. The maximum absolute atomic E-state index is 12.4. The molecular formula is C18H18N6O3S2. The number of anilines is 1. The van der Waals surface area contributed by atoms with Crippen molar-refractivity contribution in [3.8, 4) is 0 Å². The Morgan fingerprint density at radius 2 is 1.86 bits per heavy atom. The summed E-state index contributed by atoms with van der Waals surface area (Å²) in [6, 6.07) is 9.17. The van der Waals surface area contributed by atoms with E-state index in [1.54, 1.807) is 12.1 Å². The van der Waals surface area contributed by atoms with Gasteiger partial charge in [-0.25, -0.2) is 8.42 Å². The summed E-state index contributed by atoms with van der Waals surface area (Å²) >= 11 is 5.22. The van der Waals surface area contributed by atoms with E-state index < -0.39 is 10.0 Å². The van der Waals surface area contributed by atoms with Gasteiger partial charge in [0.15, 0.2) is 10.6 Å². The van der Waals surface area contributed by atoms with Crippen molar-refractivity contribution in [3.63, 3.8) is 0 Å². The van der Waals surface area contributed by atoms with Gasteiger partial charge in [-0.2, -0.15) is 5.10 Å². The predicted octanol–water partition coefficient (Wildman–Crippen LogP) is 2.40. The molecule has 2 aromatic heterocycles. The molecule has 0 radical (unpaired) electrons. The molecule has 1 saturated carbocycles. The number of H-pyrrole nitrogens is 1. The quantitative estimate of drug-likeness (QED) is 0.495. The summed E-state index contributed by atoms with van der Waals surface area (Å²) in [5.74, 6) is 0.346. The maximum atomic E-state index is 12.4. The average molecular weight is 431 g/mol. The van der Waals surface area contributed by atoms with Gasteiger partial charge in [0.1, 0.15) is 0 Å². The van der Waals surface area contributed by atoms with Crippen molar-refractivity contribution in [1.82, 2.24) is 25.1 Å². The second kappa shape index (κ2) is 7.76. The lowest BCUT2D eigenvalue weighted by Gasteiger charge is -2.09. The summed E-state index contributed by atoms with van der Waals surface area (Å²) in [5, 5.41) is 9.71. The largest absolute Gasteiger partial charge is 0.345 e. The normalized spacial score (nSPS) is 13.8. The Balaban J connectivity index is 1.42. The van der Waals surface area contributed by atoms with Gasteiger partial charge in [0.25, 0.3) is 15.9 Å². The van der Waals surface area contributed by atoms with Crippen LogP contribution >= 0.6 is 12.2 Å². The third-order valence-corrected chi connectivity index (χ3v) is 6.14. The molecule has 0 bridgehead atoms. The van der Waals surface area contributed by atoms with E-state index in [-0.39, 0.29) is 17.3 Å². The fourth-order valence-electron chi connectivity index (χ4n) is 2.85. The summed E-state index contributed by atoms with van der Waals surface area (Å²) in [6.45, 7) is 0.228. The third-order valence-electron chi connectivity index (χ3n) is 4.46. The topological polar surface area (TPSA) is 122 Å². The lowest BCUT2D eigenvalue weighted by molar-refractivity contribution is 0.0949. The molecule has 0 spiro atoms. The fraction of sp³-hybridized carbons (Fsp3) is 0.222. The lowest BCUT2D eigenvalue weighted by atomic mass is 10.2. The van der Waals surface area contributed by atoms with Crippen LogP contribution in [0, 0.1) is 4.77 Å². The molecule has 1 aliphatic rings. The summed E-state index contributed by atoms with van der Waals surface area (Å²) in [7, 11) is -3.76. The first kappa shape index (κ1) is 19.3. The van der Waals surface area contributed by atoms with Crippen LogP contribution in [0.2, 0.25) is 0 Å². The van der Waals surface area contributed by atoms with E-state index in [1.807, 2.05) is 4.57 Å². The summed E-state index contributed by atoms with van der Waals surface area (Å²) in [6.07, 6.45) is 5.09. The number of nitrogens with zero attached hydrogens (tertiary/aromatic N) is 3. The molecule has 9 nitrogen and oxygen atoms in total. The van der Waals surface area contributed by atoms with E-state index in [1.165, 1.54) is 36.7 Å². The zero-order chi connectivity index (χ0) is 20.4. The highest BCUT2D eigenvalue weighted by molar-refractivity contribution is 7.92. The molecular weight excluding hydrogens is 412 g/mol. The number of nitrogens with one attached hydrogen (secondary N) is 3. The van der Waals surface area contributed by atoms with Crippen LogP contribution in [0.3, 0.4) is 0 Å². The second-order valence-corrected chi connectivity index (χ2v) is 8.66. The van der Waals surface area contributed by atoms with Crippen LogP contribution in [0.1, 0.15) is 35.1 Å². The van der Waals surface area contributed by atoms with E-state index in [2.05, 4.69) is 25.2 Å². The van der Waals surface area contributed by atoms with Gasteiger partial charge < -0.3 is 5.32 Å². The Bertz CT molecular complexity index is 1180. The minimum atomic E-state index is -3.76. The van der Waals surface area contributed by atoms with Gasteiger partial charge >= 0.3 is 0 Å². The number of carbonyl (C=O) groups excluding carboxylic acids is 1. The van der Waals surface area contributed by atoms with Gasteiger partial charge in [-0.1, -0.05) is 0 Å². The molecule has 1 aromatic carbocycles. The van der Waals surface area contributed by atoms with Crippen molar-refractivity contribution >= 4 is 33.8 Å². The van der Waals surface area contributed by atoms with Crippen LogP contribution in [0.5, 0.6) is 0 Å². The van der Waals surface area contributed by atoms with E-state index in [0.29, 0.717) is 27.9 Å². The standard InChI is InChI=1S/C18H18N6O3S2/c25-17(20-11-16-21-22-18(28)24(16)14-3-4-14)12-1-5-15(6-2-12)29(26,27)23-13-7-9-19-10-8-13/h1-2,5-10,14H,3-4,11H2,(H,19,23)(H,20,25)(H,22,28). The Hall–Kier alpha value is -3.05. The van der Waals surface area contributed by atoms with Crippen molar-refractivity contribution in [2.45, 2.75) is 30.3 Å².